The molecule has 120 valence electrons. The second-order valence-electron chi connectivity index (χ2n) is 5.68. The molecular formula is C18H15ClN4O. The molecular weight excluding hydrogens is 324 g/mol. The Kier molecular flexibility index (Phi) is 3.50. The van der Waals surface area contributed by atoms with Crippen molar-refractivity contribution in [1.82, 2.24) is 19.7 Å². The number of H-pyrrole nitrogens is 1. The van der Waals surface area contributed by atoms with Crippen LogP contribution in [0, 0.1) is 6.92 Å². The van der Waals surface area contributed by atoms with Crippen LogP contribution in [0.4, 0.5) is 0 Å². The number of rotatable bonds is 3. The van der Waals surface area contributed by atoms with Crippen molar-refractivity contribution in [3.63, 3.8) is 0 Å². The quantitative estimate of drug-likeness (QED) is 0.593. The molecule has 2 heterocycles. The van der Waals surface area contributed by atoms with E-state index in [0.717, 1.165) is 27.9 Å². The zero-order chi connectivity index (χ0) is 16.7. The fourth-order valence-corrected chi connectivity index (χ4v) is 3.01. The first-order valence-corrected chi connectivity index (χ1v) is 7.96. The maximum absolute atomic E-state index is 10.6. The second kappa shape index (κ2) is 5.69. The lowest BCUT2D eigenvalue weighted by Gasteiger charge is -2.02. The minimum atomic E-state index is 0.0894. The molecule has 4 aromatic rings. The summed E-state index contributed by atoms with van der Waals surface area (Å²) >= 11 is 6.04. The summed E-state index contributed by atoms with van der Waals surface area (Å²) < 4.78 is 1.44. The summed E-state index contributed by atoms with van der Waals surface area (Å²) in [6.45, 7) is 1.87. The molecule has 0 aliphatic carbocycles. The van der Waals surface area contributed by atoms with Crippen molar-refractivity contribution in [3.8, 4) is 11.8 Å². The number of hydrogen-bond acceptors (Lipinski definition) is 3. The lowest BCUT2D eigenvalue weighted by molar-refractivity contribution is 0.426. The molecule has 0 spiro atoms. The van der Waals surface area contributed by atoms with E-state index in [1.807, 2.05) is 55.5 Å². The molecule has 24 heavy (non-hydrogen) atoms. The summed E-state index contributed by atoms with van der Waals surface area (Å²) in [7, 11) is 0. The zero-order valence-electron chi connectivity index (χ0n) is 13.0. The summed E-state index contributed by atoms with van der Waals surface area (Å²) in [6.07, 6.45) is 0.554. The van der Waals surface area contributed by atoms with Crippen molar-refractivity contribution in [2.75, 3.05) is 0 Å². The molecule has 0 amide bonds. The third-order valence-corrected chi connectivity index (χ3v) is 4.24. The molecule has 0 bridgehead atoms. The molecule has 4 rings (SSSR count). The zero-order valence-corrected chi connectivity index (χ0v) is 13.7. The second-order valence-corrected chi connectivity index (χ2v) is 6.12. The number of aromatic nitrogens is 4. The summed E-state index contributed by atoms with van der Waals surface area (Å²) in [5.41, 5.74) is 4.27. The van der Waals surface area contributed by atoms with Crippen LogP contribution in [0.1, 0.15) is 16.8 Å². The van der Waals surface area contributed by atoms with Gasteiger partial charge in [-0.15, -0.1) is 0 Å². The molecule has 6 heteroatoms. The van der Waals surface area contributed by atoms with Gasteiger partial charge in [-0.1, -0.05) is 35.9 Å². The molecule has 5 nitrogen and oxygen atoms in total. The van der Waals surface area contributed by atoms with Crippen LogP contribution in [0.3, 0.4) is 0 Å². The maximum atomic E-state index is 10.6. The first-order chi connectivity index (χ1) is 11.6. The van der Waals surface area contributed by atoms with Crippen LogP contribution >= 0.6 is 11.6 Å². The molecule has 0 saturated heterocycles. The smallest absolute Gasteiger partial charge is 0.232 e. The standard InChI is InChI=1S/C18H15ClN4O/c1-11-14(10-12-5-4-6-13(19)9-12)17(24)23(22-11)18-20-15-7-2-3-8-16(15)21-18/h2-9,24H,10H2,1H3,(H,20,21). The highest BCUT2D eigenvalue weighted by Crippen LogP contribution is 2.27. The fourth-order valence-electron chi connectivity index (χ4n) is 2.79. The van der Waals surface area contributed by atoms with Crippen molar-refractivity contribution < 1.29 is 5.11 Å². The number of aromatic amines is 1. The number of nitrogens with one attached hydrogen (secondary N) is 1. The van der Waals surface area contributed by atoms with Gasteiger partial charge in [-0.05, 0) is 36.8 Å². The van der Waals surface area contributed by atoms with Crippen LogP contribution in [0.25, 0.3) is 17.0 Å². The molecule has 2 N–H and O–H groups in total. The van der Waals surface area contributed by atoms with E-state index in [9.17, 15) is 5.11 Å². The van der Waals surface area contributed by atoms with Crippen molar-refractivity contribution in [3.05, 3.63) is 70.4 Å². The largest absolute Gasteiger partial charge is 0.493 e. The number of hydrogen-bond donors (Lipinski definition) is 2. The summed E-state index contributed by atoms with van der Waals surface area (Å²) in [4.78, 5) is 7.66. The van der Waals surface area contributed by atoms with Gasteiger partial charge < -0.3 is 10.1 Å². The highest BCUT2D eigenvalue weighted by Gasteiger charge is 2.18. The number of aromatic hydroxyl groups is 1. The van der Waals surface area contributed by atoms with Crippen molar-refractivity contribution in [1.29, 1.82) is 0 Å². The minimum Gasteiger partial charge on any atom is -0.493 e. The summed E-state index contributed by atoms with van der Waals surface area (Å²) in [5.74, 6) is 0.584. The third kappa shape index (κ3) is 2.53. The molecule has 2 aromatic carbocycles. The molecule has 0 unspecified atom stereocenters. The number of halogens is 1. The van der Waals surface area contributed by atoms with Crippen LogP contribution in [-0.4, -0.2) is 24.9 Å². The highest BCUT2D eigenvalue weighted by molar-refractivity contribution is 6.30. The number of para-hydroxylation sites is 2. The first-order valence-electron chi connectivity index (χ1n) is 7.59. The van der Waals surface area contributed by atoms with Gasteiger partial charge in [-0.2, -0.15) is 9.78 Å². The van der Waals surface area contributed by atoms with Gasteiger partial charge in [0.25, 0.3) is 0 Å². The molecule has 0 radical (unpaired) electrons. The number of benzene rings is 2. The molecule has 0 atom stereocenters. The number of nitrogens with zero attached hydrogens (tertiary/aromatic N) is 3. The van der Waals surface area contributed by atoms with Gasteiger partial charge in [-0.25, -0.2) is 4.98 Å². The average molecular weight is 339 g/mol. The van der Waals surface area contributed by atoms with Crippen LogP contribution < -0.4 is 0 Å². The van der Waals surface area contributed by atoms with E-state index in [1.165, 1.54) is 4.68 Å². The summed E-state index contributed by atoms with van der Waals surface area (Å²) in [6, 6.07) is 15.3. The van der Waals surface area contributed by atoms with E-state index < -0.39 is 0 Å². The maximum Gasteiger partial charge on any atom is 0.232 e. The summed E-state index contributed by atoms with van der Waals surface area (Å²) in [5, 5.41) is 15.7. The van der Waals surface area contributed by atoms with Gasteiger partial charge in [-0.3, -0.25) is 0 Å². The Morgan fingerprint density at radius 3 is 2.79 bits per heavy atom. The van der Waals surface area contributed by atoms with Gasteiger partial charge in [0.15, 0.2) is 0 Å². The van der Waals surface area contributed by atoms with E-state index in [4.69, 9.17) is 11.6 Å². The lowest BCUT2D eigenvalue weighted by Crippen LogP contribution is -1.98. The topological polar surface area (TPSA) is 66.7 Å². The normalized spacial score (nSPS) is 11.2. The minimum absolute atomic E-state index is 0.0894. The Labute approximate surface area is 143 Å². The van der Waals surface area contributed by atoms with E-state index in [2.05, 4.69) is 15.1 Å². The third-order valence-electron chi connectivity index (χ3n) is 4.00. The van der Waals surface area contributed by atoms with Gasteiger partial charge in [0, 0.05) is 17.0 Å². The van der Waals surface area contributed by atoms with E-state index in [1.54, 1.807) is 0 Å². The predicted molar refractivity (Wildman–Crippen MR) is 93.9 cm³/mol. The molecule has 0 aliphatic heterocycles. The van der Waals surface area contributed by atoms with Gasteiger partial charge in [0.2, 0.25) is 11.8 Å². The lowest BCUT2D eigenvalue weighted by atomic mass is 10.1. The number of aryl methyl sites for hydroxylation is 1. The monoisotopic (exact) mass is 338 g/mol. The molecule has 0 saturated carbocycles. The predicted octanol–water partition coefficient (Wildman–Crippen LogP) is 4.01. The highest BCUT2D eigenvalue weighted by atomic mass is 35.5. The Bertz CT molecular complexity index is 1000. The van der Waals surface area contributed by atoms with Gasteiger partial charge in [0.1, 0.15) is 0 Å². The van der Waals surface area contributed by atoms with Crippen molar-refractivity contribution >= 4 is 22.6 Å². The van der Waals surface area contributed by atoms with Crippen LogP contribution in [0.15, 0.2) is 48.5 Å². The Balaban J connectivity index is 1.76. The average Bonchev–Trinajstić information content (AvgIpc) is 3.11. The Hall–Kier alpha value is -2.79. The first kappa shape index (κ1) is 14.8. The van der Waals surface area contributed by atoms with Crippen LogP contribution in [0.2, 0.25) is 5.02 Å². The van der Waals surface area contributed by atoms with E-state index in [-0.39, 0.29) is 5.88 Å². The van der Waals surface area contributed by atoms with Crippen LogP contribution in [-0.2, 0) is 6.42 Å². The van der Waals surface area contributed by atoms with Crippen molar-refractivity contribution in [2.24, 2.45) is 0 Å². The molecule has 2 aromatic heterocycles. The van der Waals surface area contributed by atoms with Gasteiger partial charge in [0.05, 0.1) is 16.7 Å². The SMILES string of the molecule is Cc1nn(-c2nc3ccccc3[nH]2)c(O)c1Cc1cccc(Cl)c1. The Morgan fingerprint density at radius 1 is 1.17 bits per heavy atom. The number of fused-ring (bicyclic) bond motifs is 1. The van der Waals surface area contributed by atoms with E-state index >= 15 is 0 Å². The molecule has 0 aliphatic rings. The van der Waals surface area contributed by atoms with Crippen LogP contribution in [0.5, 0.6) is 5.88 Å². The number of imidazole rings is 1. The van der Waals surface area contributed by atoms with E-state index in [0.29, 0.717) is 17.4 Å². The van der Waals surface area contributed by atoms with Gasteiger partial charge >= 0.3 is 0 Å². The Morgan fingerprint density at radius 2 is 2.00 bits per heavy atom. The molecule has 0 fully saturated rings. The fraction of sp³-hybridized carbons (Fsp3) is 0.111. The van der Waals surface area contributed by atoms with Crippen molar-refractivity contribution in [2.45, 2.75) is 13.3 Å².